The normalized spacial score (nSPS) is 10.9. The van der Waals surface area contributed by atoms with E-state index in [2.05, 4.69) is 37.6 Å². The number of aliphatic hydroxyl groups is 1. The third kappa shape index (κ3) is 2.95. The van der Waals surface area contributed by atoms with Crippen LogP contribution < -0.4 is 4.90 Å². The first-order chi connectivity index (χ1) is 7.62. The average Bonchev–Trinajstić information content (AvgIpc) is 2.29. The van der Waals surface area contributed by atoms with Gasteiger partial charge in [-0.1, -0.05) is 6.92 Å². The quantitative estimate of drug-likeness (QED) is 0.831. The molecule has 0 bridgehead atoms. The number of nitrogens with zero attached hydrogens (tertiary/aromatic N) is 2. The molecule has 0 aliphatic rings. The van der Waals surface area contributed by atoms with Gasteiger partial charge in [-0.3, -0.25) is 0 Å². The summed E-state index contributed by atoms with van der Waals surface area (Å²) in [6.07, 6.45) is 0.899. The van der Waals surface area contributed by atoms with E-state index in [9.17, 15) is 5.11 Å². The second-order valence-electron chi connectivity index (χ2n) is 4.22. The van der Waals surface area contributed by atoms with Crippen LogP contribution in [0.3, 0.4) is 0 Å². The van der Waals surface area contributed by atoms with Crippen molar-refractivity contribution in [2.24, 2.45) is 0 Å². The number of aryl methyl sites for hydroxylation is 1. The van der Waals surface area contributed by atoms with Gasteiger partial charge in [0.1, 0.15) is 5.82 Å². The first-order valence-electron chi connectivity index (χ1n) is 5.99. The smallest absolute Gasteiger partial charge is 0.129 e. The van der Waals surface area contributed by atoms with Gasteiger partial charge < -0.3 is 10.0 Å². The van der Waals surface area contributed by atoms with Crippen LogP contribution in [-0.4, -0.2) is 22.7 Å². The summed E-state index contributed by atoms with van der Waals surface area (Å²) in [7, 11) is 0. The maximum absolute atomic E-state index is 9.23. The molecule has 1 rings (SSSR count). The van der Waals surface area contributed by atoms with Crippen LogP contribution in [-0.2, 0) is 13.0 Å². The molecule has 3 heteroatoms. The molecule has 1 heterocycles. The fourth-order valence-corrected chi connectivity index (χ4v) is 1.84. The van der Waals surface area contributed by atoms with Crippen molar-refractivity contribution < 1.29 is 5.11 Å². The number of aliphatic hydroxyl groups excluding tert-OH is 1. The standard InChI is InChI=1S/C13H22N2O/c1-5-12-7-11(9-16)8-13(14-12)15(6-2)10(3)4/h7-8,10,16H,5-6,9H2,1-4H3. The van der Waals surface area contributed by atoms with Gasteiger partial charge in [-0.2, -0.15) is 0 Å². The van der Waals surface area contributed by atoms with E-state index < -0.39 is 0 Å². The molecule has 0 fully saturated rings. The molecule has 0 aromatic carbocycles. The molecule has 0 spiro atoms. The molecule has 0 amide bonds. The lowest BCUT2D eigenvalue weighted by Crippen LogP contribution is -2.31. The molecule has 0 atom stereocenters. The molecule has 0 saturated carbocycles. The van der Waals surface area contributed by atoms with E-state index in [4.69, 9.17) is 0 Å². The number of rotatable bonds is 5. The van der Waals surface area contributed by atoms with Gasteiger partial charge in [0, 0.05) is 18.3 Å². The van der Waals surface area contributed by atoms with Crippen LogP contribution >= 0.6 is 0 Å². The molecule has 1 aromatic rings. The Hall–Kier alpha value is -1.09. The van der Waals surface area contributed by atoms with Crippen LogP contribution in [0.1, 0.15) is 39.0 Å². The van der Waals surface area contributed by atoms with Crippen LogP contribution in [0.15, 0.2) is 12.1 Å². The van der Waals surface area contributed by atoms with Gasteiger partial charge in [0.15, 0.2) is 0 Å². The Morgan fingerprint density at radius 2 is 2.00 bits per heavy atom. The van der Waals surface area contributed by atoms with Crippen LogP contribution in [0.5, 0.6) is 0 Å². The molecule has 0 aliphatic heterocycles. The van der Waals surface area contributed by atoms with Crippen molar-refractivity contribution in [1.29, 1.82) is 0 Å². The van der Waals surface area contributed by atoms with Crippen LogP contribution in [0.2, 0.25) is 0 Å². The highest BCUT2D eigenvalue weighted by Gasteiger charge is 2.11. The number of aromatic nitrogens is 1. The Bertz CT molecular complexity index is 314. The molecule has 0 unspecified atom stereocenters. The Morgan fingerprint density at radius 1 is 1.31 bits per heavy atom. The zero-order valence-corrected chi connectivity index (χ0v) is 10.7. The van der Waals surface area contributed by atoms with Gasteiger partial charge in [-0.15, -0.1) is 0 Å². The summed E-state index contributed by atoms with van der Waals surface area (Å²) in [4.78, 5) is 6.84. The van der Waals surface area contributed by atoms with E-state index >= 15 is 0 Å². The number of hydrogen-bond acceptors (Lipinski definition) is 3. The molecule has 0 saturated heterocycles. The second-order valence-corrected chi connectivity index (χ2v) is 4.22. The molecule has 16 heavy (non-hydrogen) atoms. The highest BCUT2D eigenvalue weighted by atomic mass is 16.3. The Kier molecular flexibility index (Phi) is 4.74. The average molecular weight is 222 g/mol. The van der Waals surface area contributed by atoms with Gasteiger partial charge in [0.25, 0.3) is 0 Å². The number of pyridine rings is 1. The van der Waals surface area contributed by atoms with Gasteiger partial charge in [-0.05, 0) is 44.9 Å². The van der Waals surface area contributed by atoms with E-state index in [0.29, 0.717) is 6.04 Å². The molecule has 1 N–H and O–H groups in total. The van der Waals surface area contributed by atoms with Crippen molar-refractivity contribution in [2.75, 3.05) is 11.4 Å². The van der Waals surface area contributed by atoms with Gasteiger partial charge in [-0.25, -0.2) is 4.98 Å². The third-order valence-corrected chi connectivity index (χ3v) is 2.73. The molecule has 1 aromatic heterocycles. The molecule has 0 aliphatic carbocycles. The Morgan fingerprint density at radius 3 is 2.44 bits per heavy atom. The Labute approximate surface area is 98.1 Å². The molecule has 90 valence electrons. The van der Waals surface area contributed by atoms with Gasteiger partial charge in [0.05, 0.1) is 6.61 Å². The zero-order valence-electron chi connectivity index (χ0n) is 10.7. The number of hydrogen-bond donors (Lipinski definition) is 1. The first kappa shape index (κ1) is 13.0. The zero-order chi connectivity index (χ0) is 12.1. The summed E-state index contributed by atoms with van der Waals surface area (Å²) in [5.41, 5.74) is 1.99. The summed E-state index contributed by atoms with van der Waals surface area (Å²) in [6.45, 7) is 9.53. The van der Waals surface area contributed by atoms with Crippen LogP contribution in [0.25, 0.3) is 0 Å². The first-order valence-corrected chi connectivity index (χ1v) is 5.99. The fraction of sp³-hybridized carbons (Fsp3) is 0.615. The van der Waals surface area contributed by atoms with E-state index in [-0.39, 0.29) is 6.61 Å². The predicted molar refractivity (Wildman–Crippen MR) is 67.7 cm³/mol. The van der Waals surface area contributed by atoms with E-state index in [0.717, 1.165) is 30.0 Å². The summed E-state index contributed by atoms with van der Waals surface area (Å²) >= 11 is 0. The fourth-order valence-electron chi connectivity index (χ4n) is 1.84. The molecular weight excluding hydrogens is 200 g/mol. The molecule has 3 nitrogen and oxygen atoms in total. The lowest BCUT2D eigenvalue weighted by molar-refractivity contribution is 0.281. The Balaban J connectivity index is 3.10. The third-order valence-electron chi connectivity index (χ3n) is 2.73. The topological polar surface area (TPSA) is 36.4 Å². The van der Waals surface area contributed by atoms with Crippen molar-refractivity contribution in [1.82, 2.24) is 4.98 Å². The lowest BCUT2D eigenvalue weighted by Gasteiger charge is -2.27. The lowest BCUT2D eigenvalue weighted by atomic mass is 10.2. The van der Waals surface area contributed by atoms with E-state index in [1.54, 1.807) is 0 Å². The van der Waals surface area contributed by atoms with Crippen molar-refractivity contribution in [3.8, 4) is 0 Å². The summed E-state index contributed by atoms with van der Waals surface area (Å²) < 4.78 is 0. The van der Waals surface area contributed by atoms with Gasteiger partial charge >= 0.3 is 0 Å². The van der Waals surface area contributed by atoms with Crippen molar-refractivity contribution in [3.63, 3.8) is 0 Å². The van der Waals surface area contributed by atoms with Gasteiger partial charge in [0.2, 0.25) is 0 Å². The molecule has 0 radical (unpaired) electrons. The highest BCUT2D eigenvalue weighted by molar-refractivity contribution is 5.43. The second kappa shape index (κ2) is 5.85. The minimum atomic E-state index is 0.0815. The minimum Gasteiger partial charge on any atom is -0.392 e. The van der Waals surface area contributed by atoms with Crippen molar-refractivity contribution in [2.45, 2.75) is 46.8 Å². The maximum atomic E-state index is 9.23. The van der Waals surface area contributed by atoms with Crippen molar-refractivity contribution in [3.05, 3.63) is 23.4 Å². The number of anilines is 1. The van der Waals surface area contributed by atoms with Crippen molar-refractivity contribution >= 4 is 5.82 Å². The summed E-state index contributed by atoms with van der Waals surface area (Å²) in [5.74, 6) is 0.973. The maximum Gasteiger partial charge on any atom is 0.129 e. The predicted octanol–water partition coefficient (Wildman–Crippen LogP) is 2.37. The van der Waals surface area contributed by atoms with Crippen LogP contribution in [0.4, 0.5) is 5.82 Å². The minimum absolute atomic E-state index is 0.0815. The SMILES string of the molecule is CCc1cc(CO)cc(N(CC)C(C)C)n1. The molecular formula is C13H22N2O. The van der Waals surface area contributed by atoms with E-state index in [1.165, 1.54) is 0 Å². The monoisotopic (exact) mass is 222 g/mol. The van der Waals surface area contributed by atoms with E-state index in [1.807, 2.05) is 12.1 Å². The summed E-state index contributed by atoms with van der Waals surface area (Å²) in [5, 5.41) is 9.23. The highest BCUT2D eigenvalue weighted by Crippen LogP contribution is 2.17. The largest absolute Gasteiger partial charge is 0.392 e. The van der Waals surface area contributed by atoms with Crippen LogP contribution in [0, 0.1) is 0 Å². The summed E-state index contributed by atoms with van der Waals surface area (Å²) in [6, 6.07) is 4.37.